The van der Waals surface area contributed by atoms with Crippen molar-refractivity contribution in [1.82, 2.24) is 14.7 Å². The molecule has 2 aliphatic heterocycles. The molecule has 2 heterocycles. The standard InChI is InChI=1S/C20H26BrN3O3/c21-17-3-1-2-16(14-17)20(4-5-20)19(26)24-8-6-23(7-9-24)18(25)15-22-10-12-27-13-11-22/h1-3,14H,4-13,15H2. The molecule has 0 radical (unpaired) electrons. The van der Waals surface area contributed by atoms with Gasteiger partial charge in [0, 0.05) is 43.7 Å². The smallest absolute Gasteiger partial charge is 0.236 e. The first-order valence-corrected chi connectivity index (χ1v) is 10.5. The predicted octanol–water partition coefficient (Wildman–Crippen LogP) is 1.48. The first-order chi connectivity index (χ1) is 13.1. The second-order valence-corrected chi connectivity index (χ2v) is 8.57. The average Bonchev–Trinajstić information content (AvgIpc) is 3.50. The van der Waals surface area contributed by atoms with E-state index >= 15 is 0 Å². The first kappa shape index (κ1) is 18.9. The van der Waals surface area contributed by atoms with Crippen molar-refractivity contribution in [3.05, 3.63) is 34.3 Å². The molecular formula is C20H26BrN3O3. The Morgan fingerprint density at radius 3 is 2.30 bits per heavy atom. The minimum absolute atomic E-state index is 0.164. The lowest BCUT2D eigenvalue weighted by atomic mass is 9.94. The summed E-state index contributed by atoms with van der Waals surface area (Å²) in [7, 11) is 0. The summed E-state index contributed by atoms with van der Waals surface area (Å²) in [6.07, 6.45) is 1.83. The fourth-order valence-electron chi connectivity index (χ4n) is 4.05. The fourth-order valence-corrected chi connectivity index (χ4v) is 4.45. The van der Waals surface area contributed by atoms with Crippen LogP contribution in [0.2, 0.25) is 0 Å². The lowest BCUT2D eigenvalue weighted by Gasteiger charge is -2.38. The van der Waals surface area contributed by atoms with E-state index in [1.54, 1.807) is 0 Å². The maximum Gasteiger partial charge on any atom is 0.236 e. The SMILES string of the molecule is O=C(CN1CCOCC1)N1CCN(C(=O)C2(c3cccc(Br)c3)CC2)CC1. The molecule has 2 saturated heterocycles. The Bertz CT molecular complexity index is 708. The highest BCUT2D eigenvalue weighted by molar-refractivity contribution is 9.10. The summed E-state index contributed by atoms with van der Waals surface area (Å²) >= 11 is 3.51. The number of rotatable bonds is 4. The normalized spacial score (nSPS) is 22.6. The lowest BCUT2D eigenvalue weighted by Crippen LogP contribution is -2.55. The van der Waals surface area contributed by atoms with Gasteiger partial charge in [-0.25, -0.2) is 0 Å². The minimum Gasteiger partial charge on any atom is -0.379 e. The highest BCUT2D eigenvalue weighted by Gasteiger charge is 2.53. The maximum atomic E-state index is 13.2. The molecule has 0 N–H and O–H groups in total. The third-order valence-corrected chi connectivity index (χ3v) is 6.41. The van der Waals surface area contributed by atoms with Gasteiger partial charge in [-0.15, -0.1) is 0 Å². The number of piperazine rings is 1. The second-order valence-electron chi connectivity index (χ2n) is 7.65. The van der Waals surface area contributed by atoms with Crippen LogP contribution < -0.4 is 0 Å². The molecule has 3 fully saturated rings. The Hall–Kier alpha value is -1.44. The van der Waals surface area contributed by atoms with Gasteiger partial charge in [0.1, 0.15) is 0 Å². The van der Waals surface area contributed by atoms with Gasteiger partial charge in [0.05, 0.1) is 25.2 Å². The van der Waals surface area contributed by atoms with Crippen LogP contribution in [0.1, 0.15) is 18.4 Å². The number of ether oxygens (including phenoxy) is 1. The van der Waals surface area contributed by atoms with Gasteiger partial charge in [0.2, 0.25) is 11.8 Å². The Kier molecular flexibility index (Phi) is 5.53. The topological polar surface area (TPSA) is 53.1 Å². The van der Waals surface area contributed by atoms with Crippen LogP contribution in [-0.2, 0) is 19.7 Å². The molecule has 2 amide bonds. The molecule has 1 aromatic rings. The number of hydrogen-bond acceptors (Lipinski definition) is 4. The molecule has 0 atom stereocenters. The fraction of sp³-hybridized carbons (Fsp3) is 0.600. The Morgan fingerprint density at radius 1 is 1.00 bits per heavy atom. The zero-order valence-electron chi connectivity index (χ0n) is 15.5. The van der Waals surface area contributed by atoms with E-state index in [1.165, 1.54) is 0 Å². The van der Waals surface area contributed by atoms with Crippen LogP contribution in [0, 0.1) is 0 Å². The largest absolute Gasteiger partial charge is 0.379 e. The molecule has 146 valence electrons. The minimum atomic E-state index is -0.343. The summed E-state index contributed by atoms with van der Waals surface area (Å²) < 4.78 is 6.35. The van der Waals surface area contributed by atoms with Gasteiger partial charge in [0.15, 0.2) is 0 Å². The molecule has 27 heavy (non-hydrogen) atoms. The van der Waals surface area contributed by atoms with E-state index < -0.39 is 0 Å². The van der Waals surface area contributed by atoms with Crippen molar-refractivity contribution in [2.24, 2.45) is 0 Å². The van der Waals surface area contributed by atoms with E-state index in [0.29, 0.717) is 45.9 Å². The van der Waals surface area contributed by atoms with Crippen molar-refractivity contribution in [1.29, 1.82) is 0 Å². The molecular weight excluding hydrogens is 410 g/mol. The molecule has 0 bridgehead atoms. The number of amides is 2. The van der Waals surface area contributed by atoms with Gasteiger partial charge in [0.25, 0.3) is 0 Å². The van der Waals surface area contributed by atoms with Gasteiger partial charge >= 0.3 is 0 Å². The number of benzene rings is 1. The molecule has 0 unspecified atom stereocenters. The second kappa shape index (κ2) is 7.89. The molecule has 0 aromatic heterocycles. The molecule has 1 saturated carbocycles. The zero-order valence-corrected chi connectivity index (χ0v) is 17.1. The van der Waals surface area contributed by atoms with Gasteiger partial charge in [-0.3, -0.25) is 14.5 Å². The monoisotopic (exact) mass is 435 g/mol. The molecule has 3 aliphatic rings. The quantitative estimate of drug-likeness (QED) is 0.718. The number of carbonyl (C=O) groups excluding carboxylic acids is 2. The molecule has 7 heteroatoms. The Balaban J connectivity index is 1.32. The van der Waals surface area contributed by atoms with Crippen molar-refractivity contribution in [3.8, 4) is 0 Å². The average molecular weight is 436 g/mol. The number of hydrogen-bond donors (Lipinski definition) is 0. The lowest BCUT2D eigenvalue weighted by molar-refractivity contribution is -0.142. The number of nitrogens with zero attached hydrogens (tertiary/aromatic N) is 3. The molecule has 0 spiro atoms. The first-order valence-electron chi connectivity index (χ1n) is 9.72. The van der Waals surface area contributed by atoms with Crippen molar-refractivity contribution in [2.45, 2.75) is 18.3 Å². The van der Waals surface area contributed by atoms with Gasteiger partial charge < -0.3 is 14.5 Å². The van der Waals surface area contributed by atoms with Gasteiger partial charge in [-0.1, -0.05) is 28.1 Å². The number of halogens is 1. The van der Waals surface area contributed by atoms with Crippen LogP contribution in [0.3, 0.4) is 0 Å². The van der Waals surface area contributed by atoms with Crippen LogP contribution >= 0.6 is 15.9 Å². The summed E-state index contributed by atoms with van der Waals surface area (Å²) in [4.78, 5) is 31.7. The van der Waals surface area contributed by atoms with Crippen molar-refractivity contribution < 1.29 is 14.3 Å². The van der Waals surface area contributed by atoms with Crippen LogP contribution in [0.4, 0.5) is 0 Å². The third kappa shape index (κ3) is 4.05. The van der Waals surface area contributed by atoms with Crippen molar-refractivity contribution in [3.63, 3.8) is 0 Å². The van der Waals surface area contributed by atoms with Crippen LogP contribution in [0.5, 0.6) is 0 Å². The summed E-state index contributed by atoms with van der Waals surface area (Å²) in [6, 6.07) is 8.10. The maximum absolute atomic E-state index is 13.2. The van der Waals surface area contributed by atoms with E-state index in [1.807, 2.05) is 21.9 Å². The van der Waals surface area contributed by atoms with Crippen LogP contribution in [-0.4, -0.2) is 85.5 Å². The highest BCUT2D eigenvalue weighted by Crippen LogP contribution is 2.50. The van der Waals surface area contributed by atoms with E-state index in [0.717, 1.165) is 36.0 Å². The summed E-state index contributed by atoms with van der Waals surface area (Å²) in [5.74, 6) is 0.387. The zero-order chi connectivity index (χ0) is 18.9. The van der Waals surface area contributed by atoms with E-state index in [-0.39, 0.29) is 17.2 Å². The number of morpholine rings is 1. The number of carbonyl (C=O) groups is 2. The van der Waals surface area contributed by atoms with Crippen molar-refractivity contribution in [2.75, 3.05) is 59.0 Å². The molecule has 4 rings (SSSR count). The predicted molar refractivity (Wildman–Crippen MR) is 105 cm³/mol. The van der Waals surface area contributed by atoms with Gasteiger partial charge in [-0.2, -0.15) is 0 Å². The van der Waals surface area contributed by atoms with E-state index in [4.69, 9.17) is 4.74 Å². The van der Waals surface area contributed by atoms with E-state index in [9.17, 15) is 9.59 Å². The Morgan fingerprint density at radius 2 is 1.67 bits per heavy atom. The van der Waals surface area contributed by atoms with Gasteiger partial charge in [-0.05, 0) is 30.5 Å². The molecule has 1 aliphatic carbocycles. The van der Waals surface area contributed by atoms with Crippen LogP contribution in [0.15, 0.2) is 28.7 Å². The van der Waals surface area contributed by atoms with Crippen LogP contribution in [0.25, 0.3) is 0 Å². The summed E-state index contributed by atoms with van der Waals surface area (Å²) in [5, 5.41) is 0. The Labute approximate surface area is 168 Å². The molecule has 1 aromatic carbocycles. The van der Waals surface area contributed by atoms with E-state index in [2.05, 4.69) is 33.0 Å². The molecule has 6 nitrogen and oxygen atoms in total. The summed E-state index contributed by atoms with van der Waals surface area (Å²) in [6.45, 7) is 6.01. The van der Waals surface area contributed by atoms with Crippen molar-refractivity contribution >= 4 is 27.7 Å². The summed E-state index contributed by atoms with van der Waals surface area (Å²) in [5.41, 5.74) is 0.761. The third-order valence-electron chi connectivity index (χ3n) is 5.92. The highest BCUT2D eigenvalue weighted by atomic mass is 79.9.